The van der Waals surface area contributed by atoms with Gasteiger partial charge in [0.15, 0.2) is 6.29 Å². The summed E-state index contributed by atoms with van der Waals surface area (Å²) in [4.78, 5) is 36.5. The number of carboxylic acid groups (broad SMARTS) is 1. The molecule has 1 aromatic heterocycles. The van der Waals surface area contributed by atoms with Crippen LogP contribution in [0.25, 0.3) is 11.1 Å². The first-order valence-corrected chi connectivity index (χ1v) is 17.4. The largest absolute Gasteiger partial charge is 0.481 e. The maximum absolute atomic E-state index is 12.3. The number of aliphatic hydroxyl groups is 1. The molecule has 50 heavy (non-hydrogen) atoms. The maximum atomic E-state index is 12.3. The van der Waals surface area contributed by atoms with Crippen molar-refractivity contribution in [3.05, 3.63) is 114 Å². The molecular weight excluding hydrogens is 634 g/mol. The first-order valence-electron chi connectivity index (χ1n) is 17.4. The van der Waals surface area contributed by atoms with E-state index in [-0.39, 0.29) is 31.1 Å². The van der Waals surface area contributed by atoms with Gasteiger partial charge in [-0.25, -0.2) is 9.97 Å². The van der Waals surface area contributed by atoms with Crippen molar-refractivity contribution >= 4 is 17.8 Å². The van der Waals surface area contributed by atoms with Gasteiger partial charge in [0.2, 0.25) is 11.9 Å². The molecule has 1 amide bonds. The summed E-state index contributed by atoms with van der Waals surface area (Å²) in [5.74, 6) is -0.164. The standard InChI is InChI=1S/C39H45N5O6/c45-27-28-12-14-30(15-13-28)35-24-34(26-43-18-20-44(21-19-43)39-40-16-5-17-41-39)49-38(50-35)33-9-4-8-32(23-33)31-7-3-6-29(22-31)25-42-36(46)10-1-2-11-37(47)48/h3-9,12-17,22-23,34-35,38,45H,1-2,10-11,18-21,24-27H2,(H,42,46)(H,47,48)/t34-,35+,38+/m1/s1. The zero-order valence-electron chi connectivity index (χ0n) is 28.2. The van der Waals surface area contributed by atoms with E-state index in [2.05, 4.69) is 43.3 Å². The number of nitrogens with zero attached hydrogens (tertiary/aromatic N) is 4. The maximum Gasteiger partial charge on any atom is 0.303 e. The van der Waals surface area contributed by atoms with E-state index < -0.39 is 12.3 Å². The summed E-state index contributed by atoms with van der Waals surface area (Å²) in [5, 5.41) is 21.3. The molecule has 2 saturated heterocycles. The SMILES string of the molecule is O=C(O)CCCCC(=O)NCc1cccc(-c2cccc([C@H]3O[C@@H](CN4CCN(c5ncccn5)CC4)C[C@@H](c4ccc(CO)cc4)O3)c2)c1. The van der Waals surface area contributed by atoms with Gasteiger partial charge in [-0.1, -0.05) is 60.7 Å². The number of anilines is 1. The molecule has 3 aromatic carbocycles. The molecule has 0 spiro atoms. The third-order valence-corrected chi connectivity index (χ3v) is 9.24. The number of hydrogen-bond acceptors (Lipinski definition) is 9. The molecule has 0 saturated carbocycles. The zero-order chi connectivity index (χ0) is 34.7. The molecule has 11 heteroatoms. The van der Waals surface area contributed by atoms with Crippen molar-refractivity contribution in [2.45, 2.75) is 63.8 Å². The Morgan fingerprint density at radius 2 is 1.52 bits per heavy atom. The number of piperazine rings is 1. The van der Waals surface area contributed by atoms with Crippen molar-refractivity contribution < 1.29 is 29.3 Å². The van der Waals surface area contributed by atoms with E-state index in [0.717, 1.165) is 72.1 Å². The predicted octanol–water partition coefficient (Wildman–Crippen LogP) is 5.26. The van der Waals surface area contributed by atoms with Gasteiger partial charge in [0.1, 0.15) is 0 Å². The Bertz CT molecular complexity index is 1700. The molecule has 2 aliphatic heterocycles. The Kier molecular flexibility index (Phi) is 12.2. The van der Waals surface area contributed by atoms with Crippen molar-refractivity contribution in [3.63, 3.8) is 0 Å². The van der Waals surface area contributed by atoms with Gasteiger partial charge in [0, 0.05) is 76.5 Å². The average molecular weight is 680 g/mol. The molecule has 4 aromatic rings. The number of unbranched alkanes of at least 4 members (excludes halogenated alkanes) is 1. The number of aliphatic hydroxyl groups excluding tert-OH is 1. The monoisotopic (exact) mass is 679 g/mol. The molecule has 0 bridgehead atoms. The molecule has 6 rings (SSSR count). The molecule has 3 atom stereocenters. The van der Waals surface area contributed by atoms with Crippen LogP contribution in [0.2, 0.25) is 0 Å². The number of amides is 1. The summed E-state index contributed by atoms with van der Waals surface area (Å²) >= 11 is 0. The summed E-state index contributed by atoms with van der Waals surface area (Å²) in [6.07, 6.45) is 4.88. The van der Waals surface area contributed by atoms with Gasteiger partial charge in [0.05, 0.1) is 18.8 Å². The fourth-order valence-corrected chi connectivity index (χ4v) is 6.48. The van der Waals surface area contributed by atoms with Crippen LogP contribution in [-0.4, -0.2) is 75.8 Å². The molecule has 11 nitrogen and oxygen atoms in total. The van der Waals surface area contributed by atoms with Gasteiger partial charge in [-0.05, 0) is 58.9 Å². The summed E-state index contributed by atoms with van der Waals surface area (Å²) in [5.41, 5.74) is 5.85. The number of aromatic nitrogens is 2. The molecule has 0 aliphatic carbocycles. The Balaban J connectivity index is 1.13. The van der Waals surface area contributed by atoms with Crippen LogP contribution in [0.15, 0.2) is 91.3 Å². The lowest BCUT2D eigenvalue weighted by atomic mass is 9.98. The Hall–Kier alpha value is -4.68. The van der Waals surface area contributed by atoms with E-state index in [1.54, 1.807) is 12.4 Å². The minimum Gasteiger partial charge on any atom is -0.481 e. The number of carboxylic acids is 1. The molecule has 2 aliphatic rings. The average Bonchev–Trinajstić information content (AvgIpc) is 3.16. The topological polar surface area (TPSA) is 137 Å². The molecule has 3 N–H and O–H groups in total. The van der Waals surface area contributed by atoms with Crippen LogP contribution < -0.4 is 10.2 Å². The van der Waals surface area contributed by atoms with Gasteiger partial charge >= 0.3 is 5.97 Å². The number of carbonyl (C=O) groups is 2. The molecule has 0 unspecified atom stereocenters. The molecule has 0 radical (unpaired) electrons. The molecule has 262 valence electrons. The Morgan fingerprint density at radius 1 is 0.800 bits per heavy atom. The third-order valence-electron chi connectivity index (χ3n) is 9.24. The minimum atomic E-state index is -0.842. The van der Waals surface area contributed by atoms with Crippen molar-refractivity contribution in [2.24, 2.45) is 0 Å². The van der Waals surface area contributed by atoms with Crippen molar-refractivity contribution in [2.75, 3.05) is 37.6 Å². The summed E-state index contributed by atoms with van der Waals surface area (Å²) < 4.78 is 13.3. The number of carbonyl (C=O) groups excluding carboxylic acids is 1. The van der Waals surface area contributed by atoms with Crippen molar-refractivity contribution in [3.8, 4) is 11.1 Å². The third kappa shape index (κ3) is 9.72. The minimum absolute atomic E-state index is 0.00484. The lowest BCUT2D eigenvalue weighted by Gasteiger charge is -2.40. The van der Waals surface area contributed by atoms with E-state index in [4.69, 9.17) is 14.6 Å². The van der Waals surface area contributed by atoms with E-state index >= 15 is 0 Å². The van der Waals surface area contributed by atoms with Crippen molar-refractivity contribution in [1.29, 1.82) is 0 Å². The highest BCUT2D eigenvalue weighted by atomic mass is 16.7. The van der Waals surface area contributed by atoms with Gasteiger partial charge < -0.3 is 29.9 Å². The molecule has 3 heterocycles. The Labute approximate surface area is 292 Å². The van der Waals surface area contributed by atoms with Gasteiger partial charge in [-0.3, -0.25) is 14.5 Å². The summed E-state index contributed by atoms with van der Waals surface area (Å²) in [6, 6.07) is 26.1. The second kappa shape index (κ2) is 17.3. The number of nitrogens with one attached hydrogen (secondary N) is 1. The number of benzene rings is 3. The fraction of sp³-hybridized carbons (Fsp3) is 0.385. The number of hydrogen-bond donors (Lipinski definition) is 3. The second-order valence-corrected chi connectivity index (χ2v) is 12.9. The smallest absolute Gasteiger partial charge is 0.303 e. The second-order valence-electron chi connectivity index (χ2n) is 12.9. The molecular formula is C39H45N5O6. The highest BCUT2D eigenvalue weighted by Gasteiger charge is 2.34. The van der Waals surface area contributed by atoms with Crippen molar-refractivity contribution in [1.82, 2.24) is 20.2 Å². The Morgan fingerprint density at radius 3 is 2.26 bits per heavy atom. The highest BCUT2D eigenvalue weighted by Crippen LogP contribution is 2.39. The number of ether oxygens (including phenoxy) is 2. The van der Waals surface area contributed by atoms with Crippen LogP contribution >= 0.6 is 0 Å². The van der Waals surface area contributed by atoms with Crippen LogP contribution in [0.3, 0.4) is 0 Å². The van der Waals surface area contributed by atoms with E-state index in [1.165, 1.54) is 0 Å². The number of rotatable bonds is 14. The summed E-state index contributed by atoms with van der Waals surface area (Å²) in [7, 11) is 0. The lowest BCUT2D eigenvalue weighted by Crippen LogP contribution is -2.50. The van der Waals surface area contributed by atoms with Gasteiger partial charge in [-0.2, -0.15) is 0 Å². The lowest BCUT2D eigenvalue weighted by molar-refractivity contribution is -0.253. The fourth-order valence-electron chi connectivity index (χ4n) is 6.48. The van der Waals surface area contributed by atoms with E-state index in [1.807, 2.05) is 60.7 Å². The van der Waals surface area contributed by atoms with Gasteiger partial charge in [0.25, 0.3) is 0 Å². The van der Waals surface area contributed by atoms with Crippen LogP contribution in [0.1, 0.15) is 66.8 Å². The highest BCUT2D eigenvalue weighted by molar-refractivity contribution is 5.76. The number of aliphatic carboxylic acids is 1. The van der Waals surface area contributed by atoms with E-state index in [0.29, 0.717) is 32.2 Å². The zero-order valence-corrected chi connectivity index (χ0v) is 28.2. The van der Waals surface area contributed by atoms with Crippen LogP contribution in [0.5, 0.6) is 0 Å². The predicted molar refractivity (Wildman–Crippen MR) is 189 cm³/mol. The normalized spacial score (nSPS) is 19.6. The van der Waals surface area contributed by atoms with Crippen LogP contribution in [0, 0.1) is 0 Å². The first kappa shape index (κ1) is 35.2. The van der Waals surface area contributed by atoms with Gasteiger partial charge in [-0.15, -0.1) is 0 Å². The van der Waals surface area contributed by atoms with Crippen LogP contribution in [-0.2, 0) is 32.2 Å². The molecule has 2 fully saturated rings. The quantitative estimate of drug-likeness (QED) is 0.151. The van der Waals surface area contributed by atoms with Crippen LogP contribution in [0.4, 0.5) is 5.95 Å². The summed E-state index contributed by atoms with van der Waals surface area (Å²) in [6.45, 7) is 4.63. The first-order chi connectivity index (χ1) is 24.4. The van der Waals surface area contributed by atoms with E-state index in [9.17, 15) is 14.7 Å².